The zero-order valence-corrected chi connectivity index (χ0v) is 11.5. The fraction of sp³-hybridized carbons (Fsp3) is 0.0667. The molecule has 3 rings (SSSR count). The summed E-state index contributed by atoms with van der Waals surface area (Å²) in [5.41, 5.74) is 2.79. The van der Waals surface area contributed by atoms with E-state index in [1.165, 1.54) is 0 Å². The Kier molecular flexibility index (Phi) is 3.36. The topological polar surface area (TPSA) is 25.2 Å². The van der Waals surface area contributed by atoms with Gasteiger partial charge in [-0.3, -0.25) is 0 Å². The van der Waals surface area contributed by atoms with Gasteiger partial charge in [-0.1, -0.05) is 41.4 Å². The number of halogens is 2. The number of benzene rings is 2. The van der Waals surface area contributed by atoms with E-state index in [1.54, 1.807) is 18.4 Å². The smallest absolute Gasteiger partial charge is 0.134 e. The Morgan fingerprint density at radius 2 is 1.89 bits per heavy atom. The van der Waals surface area contributed by atoms with Gasteiger partial charge in [-0.25, -0.2) is 0 Å². The van der Waals surface area contributed by atoms with E-state index < -0.39 is 0 Å². The molecule has 0 saturated carbocycles. The van der Waals surface area contributed by atoms with Gasteiger partial charge >= 0.3 is 0 Å². The van der Waals surface area contributed by atoms with Crippen molar-refractivity contribution in [3.63, 3.8) is 0 Å². The van der Waals surface area contributed by atoms with Crippen LogP contribution < -0.4 is 5.32 Å². The van der Waals surface area contributed by atoms with Crippen molar-refractivity contribution in [2.24, 2.45) is 0 Å². The molecule has 2 aromatic carbocycles. The Morgan fingerprint density at radius 1 is 1.05 bits per heavy atom. The molecule has 3 aromatic rings. The molecule has 0 unspecified atom stereocenters. The van der Waals surface area contributed by atoms with E-state index in [9.17, 15) is 0 Å². The number of hydrogen-bond acceptors (Lipinski definition) is 2. The maximum atomic E-state index is 6.11. The lowest BCUT2D eigenvalue weighted by molar-refractivity contribution is 0.611. The second-order valence-corrected chi connectivity index (χ2v) is 5.08. The molecule has 1 heterocycles. The van der Waals surface area contributed by atoms with Crippen molar-refractivity contribution < 1.29 is 4.42 Å². The van der Waals surface area contributed by atoms with Gasteiger partial charge in [0.25, 0.3) is 0 Å². The van der Waals surface area contributed by atoms with Crippen LogP contribution in [0.5, 0.6) is 0 Å². The predicted molar refractivity (Wildman–Crippen MR) is 80.0 cm³/mol. The fourth-order valence-corrected chi connectivity index (χ4v) is 2.35. The predicted octanol–water partition coefficient (Wildman–Crippen LogP) is 5.35. The third-order valence-corrected chi connectivity index (χ3v) is 3.52. The normalized spacial score (nSPS) is 10.8. The van der Waals surface area contributed by atoms with Crippen molar-refractivity contribution in [3.05, 3.63) is 64.3 Å². The van der Waals surface area contributed by atoms with Gasteiger partial charge in [0, 0.05) is 22.5 Å². The van der Waals surface area contributed by atoms with E-state index in [0.717, 1.165) is 22.2 Å². The molecule has 0 aliphatic rings. The van der Waals surface area contributed by atoms with E-state index >= 15 is 0 Å². The van der Waals surface area contributed by atoms with Gasteiger partial charge < -0.3 is 9.73 Å². The molecule has 0 aliphatic heterocycles. The van der Waals surface area contributed by atoms with Gasteiger partial charge in [-0.05, 0) is 24.3 Å². The Bertz CT molecular complexity index is 721. The third-order valence-electron chi connectivity index (χ3n) is 2.96. The van der Waals surface area contributed by atoms with Gasteiger partial charge in [0.05, 0.1) is 17.0 Å². The summed E-state index contributed by atoms with van der Waals surface area (Å²) in [6, 6.07) is 13.3. The van der Waals surface area contributed by atoms with Crippen LogP contribution in [-0.2, 0) is 6.54 Å². The molecule has 0 saturated heterocycles. The third kappa shape index (κ3) is 2.55. The average Bonchev–Trinajstić information content (AvgIpc) is 2.83. The summed E-state index contributed by atoms with van der Waals surface area (Å²) in [6.07, 6.45) is 1.76. The van der Waals surface area contributed by atoms with E-state index in [4.69, 9.17) is 27.6 Å². The highest BCUT2D eigenvalue weighted by atomic mass is 35.5. The van der Waals surface area contributed by atoms with Crippen LogP contribution in [0.25, 0.3) is 11.0 Å². The Hall–Kier alpha value is -1.64. The van der Waals surface area contributed by atoms with Crippen LogP contribution in [0.2, 0.25) is 10.0 Å². The maximum Gasteiger partial charge on any atom is 0.134 e. The van der Waals surface area contributed by atoms with Crippen LogP contribution in [0.1, 0.15) is 5.56 Å². The van der Waals surface area contributed by atoms with Gasteiger partial charge in [0.1, 0.15) is 5.58 Å². The molecule has 96 valence electrons. The molecule has 4 heteroatoms. The van der Waals surface area contributed by atoms with Gasteiger partial charge in [-0.2, -0.15) is 0 Å². The lowest BCUT2D eigenvalue weighted by Crippen LogP contribution is -1.99. The largest absolute Gasteiger partial charge is 0.464 e. The van der Waals surface area contributed by atoms with Crippen molar-refractivity contribution in [3.8, 4) is 0 Å². The summed E-state index contributed by atoms with van der Waals surface area (Å²) >= 11 is 12.1. The first-order valence-corrected chi connectivity index (χ1v) is 6.63. The van der Waals surface area contributed by atoms with Crippen LogP contribution in [0.3, 0.4) is 0 Å². The molecule has 0 amide bonds. The second kappa shape index (κ2) is 5.16. The van der Waals surface area contributed by atoms with Gasteiger partial charge in [0.2, 0.25) is 0 Å². The van der Waals surface area contributed by atoms with Crippen molar-refractivity contribution in [2.45, 2.75) is 6.54 Å². The summed E-state index contributed by atoms with van der Waals surface area (Å²) in [7, 11) is 0. The Morgan fingerprint density at radius 3 is 2.79 bits per heavy atom. The highest BCUT2D eigenvalue weighted by molar-refractivity contribution is 6.35. The number of rotatable bonds is 3. The minimum atomic E-state index is 0.636. The monoisotopic (exact) mass is 291 g/mol. The first kappa shape index (κ1) is 12.4. The number of para-hydroxylation sites is 1. The SMILES string of the molecule is Clc1ccc(Cl)c(NCc2coc3ccccc23)c1. The number of fused-ring (bicyclic) bond motifs is 1. The van der Waals surface area contributed by atoms with Crippen LogP contribution in [0.15, 0.2) is 53.1 Å². The number of anilines is 1. The fourth-order valence-electron chi connectivity index (χ4n) is 1.99. The molecule has 0 fully saturated rings. The minimum absolute atomic E-state index is 0.636. The Balaban J connectivity index is 1.84. The zero-order chi connectivity index (χ0) is 13.2. The summed E-state index contributed by atoms with van der Waals surface area (Å²) in [5, 5.41) is 5.68. The summed E-state index contributed by atoms with van der Waals surface area (Å²) in [5.74, 6) is 0. The molecule has 0 radical (unpaired) electrons. The number of hydrogen-bond donors (Lipinski definition) is 1. The second-order valence-electron chi connectivity index (χ2n) is 4.23. The summed E-state index contributed by atoms with van der Waals surface area (Å²) in [6.45, 7) is 0.636. The molecule has 1 N–H and O–H groups in total. The van der Waals surface area contributed by atoms with E-state index in [1.807, 2.05) is 30.3 Å². The zero-order valence-electron chi connectivity index (χ0n) is 9.99. The number of nitrogens with one attached hydrogen (secondary N) is 1. The van der Waals surface area contributed by atoms with Crippen molar-refractivity contribution in [1.29, 1.82) is 0 Å². The molecule has 0 bridgehead atoms. The quantitative estimate of drug-likeness (QED) is 0.703. The highest BCUT2D eigenvalue weighted by Crippen LogP contribution is 2.27. The molecule has 2 nitrogen and oxygen atoms in total. The summed E-state index contributed by atoms with van der Waals surface area (Å²) < 4.78 is 5.49. The molecule has 19 heavy (non-hydrogen) atoms. The van der Waals surface area contributed by atoms with Gasteiger partial charge in [0.15, 0.2) is 0 Å². The van der Waals surface area contributed by atoms with Gasteiger partial charge in [-0.15, -0.1) is 0 Å². The summed E-state index contributed by atoms with van der Waals surface area (Å²) in [4.78, 5) is 0. The lowest BCUT2D eigenvalue weighted by atomic mass is 10.2. The van der Waals surface area contributed by atoms with E-state index in [0.29, 0.717) is 16.6 Å². The van der Waals surface area contributed by atoms with Crippen LogP contribution in [0, 0.1) is 0 Å². The lowest BCUT2D eigenvalue weighted by Gasteiger charge is -2.07. The number of furan rings is 1. The van der Waals surface area contributed by atoms with Crippen molar-refractivity contribution in [1.82, 2.24) is 0 Å². The first-order chi connectivity index (χ1) is 9.24. The van der Waals surface area contributed by atoms with Crippen molar-refractivity contribution >= 4 is 39.9 Å². The van der Waals surface area contributed by atoms with Crippen LogP contribution >= 0.6 is 23.2 Å². The van der Waals surface area contributed by atoms with Crippen LogP contribution in [-0.4, -0.2) is 0 Å². The standard InChI is InChI=1S/C15H11Cl2NO/c16-11-5-6-13(17)14(7-11)18-8-10-9-19-15-4-2-1-3-12(10)15/h1-7,9,18H,8H2. The maximum absolute atomic E-state index is 6.11. The molecule has 1 aromatic heterocycles. The first-order valence-electron chi connectivity index (χ1n) is 5.88. The molecule has 0 aliphatic carbocycles. The van der Waals surface area contributed by atoms with E-state index in [-0.39, 0.29) is 0 Å². The van der Waals surface area contributed by atoms with Crippen molar-refractivity contribution in [2.75, 3.05) is 5.32 Å². The average molecular weight is 292 g/mol. The molecule has 0 atom stereocenters. The van der Waals surface area contributed by atoms with E-state index in [2.05, 4.69) is 5.32 Å². The van der Waals surface area contributed by atoms with Crippen LogP contribution in [0.4, 0.5) is 5.69 Å². The molecular formula is C15H11Cl2NO. The highest BCUT2D eigenvalue weighted by Gasteiger charge is 2.06. The molecule has 0 spiro atoms. The Labute approximate surface area is 120 Å². The minimum Gasteiger partial charge on any atom is -0.464 e. The molecular weight excluding hydrogens is 281 g/mol.